The molecule has 1 saturated heterocycles. The number of morpholine rings is 1. The summed E-state index contributed by atoms with van der Waals surface area (Å²) >= 11 is 0. The zero-order valence-electron chi connectivity index (χ0n) is 13.9. The van der Waals surface area contributed by atoms with Crippen LogP contribution >= 0.6 is 0 Å². The fraction of sp³-hybridized carbons (Fsp3) is 0.824. The number of carbonyl (C=O) groups is 1. The predicted octanol–water partition coefficient (Wildman–Crippen LogP) is 2.24. The van der Waals surface area contributed by atoms with Crippen molar-refractivity contribution >= 4 is 5.97 Å². The van der Waals surface area contributed by atoms with Gasteiger partial charge >= 0.3 is 5.97 Å². The normalized spacial score (nSPS) is 32.4. The molecule has 0 spiro atoms. The minimum atomic E-state index is -0.0647. The summed E-state index contributed by atoms with van der Waals surface area (Å²) in [6, 6.07) is 0. The summed E-state index contributed by atoms with van der Waals surface area (Å²) in [5.41, 5.74) is 1.46. The van der Waals surface area contributed by atoms with E-state index in [1.807, 2.05) is 0 Å². The number of allylic oxidation sites excluding steroid dienone is 2. The maximum atomic E-state index is 12.1. The number of nitrogens with zero attached hydrogens (tertiary/aromatic N) is 1. The number of likely N-dealkylation sites (N-methyl/N-ethyl adjacent to an activating group) is 1. The number of esters is 1. The molecule has 0 aromatic heterocycles. The van der Waals surface area contributed by atoms with Crippen molar-refractivity contribution in [3.05, 3.63) is 11.6 Å². The molecule has 0 aromatic carbocycles. The smallest absolute Gasteiger partial charge is 0.361 e. The molecule has 2 aliphatic rings. The molecule has 0 saturated carbocycles. The molecule has 1 fully saturated rings. The Hall–Kier alpha value is -0.870. The molecule has 3 unspecified atom stereocenters. The summed E-state index contributed by atoms with van der Waals surface area (Å²) in [6.07, 6.45) is 3.45. The maximum absolute atomic E-state index is 12.1. The first-order valence-electron chi connectivity index (χ1n) is 8.14. The summed E-state index contributed by atoms with van der Waals surface area (Å²) < 4.78 is 11.7. The van der Waals surface area contributed by atoms with Crippen molar-refractivity contribution in [3.8, 4) is 0 Å². The summed E-state index contributed by atoms with van der Waals surface area (Å²) in [4.78, 5) is 12.1. The average molecular weight is 296 g/mol. The molecular formula is C17H30NO3+. The Balaban J connectivity index is 1.81. The van der Waals surface area contributed by atoms with Crippen LogP contribution < -0.4 is 0 Å². The molecule has 0 amide bonds. The Morgan fingerprint density at radius 2 is 2.05 bits per heavy atom. The Labute approximate surface area is 128 Å². The molecule has 120 valence electrons. The fourth-order valence-corrected chi connectivity index (χ4v) is 3.62. The van der Waals surface area contributed by atoms with Gasteiger partial charge in [-0.2, -0.15) is 0 Å². The van der Waals surface area contributed by atoms with Gasteiger partial charge in [0.2, 0.25) is 0 Å². The molecule has 0 aromatic rings. The third-order valence-corrected chi connectivity index (χ3v) is 5.10. The van der Waals surface area contributed by atoms with Crippen LogP contribution in [0.4, 0.5) is 0 Å². The van der Waals surface area contributed by atoms with E-state index in [1.165, 1.54) is 5.57 Å². The van der Waals surface area contributed by atoms with Gasteiger partial charge in [-0.15, -0.1) is 0 Å². The molecule has 1 aliphatic heterocycles. The topological polar surface area (TPSA) is 35.5 Å². The standard InChI is InChI=1S/C17H30NO3/c1-13-9-14(2)16(15(3)10-13)12-21-17(19)11-18(4)5-7-20-8-6-18/h9,14-16H,5-8,10-12H2,1-4H3/q+1. The van der Waals surface area contributed by atoms with Gasteiger partial charge in [0.1, 0.15) is 13.1 Å². The van der Waals surface area contributed by atoms with E-state index in [-0.39, 0.29) is 5.97 Å². The summed E-state index contributed by atoms with van der Waals surface area (Å²) in [7, 11) is 2.11. The zero-order valence-corrected chi connectivity index (χ0v) is 13.9. The largest absolute Gasteiger partial charge is 0.461 e. The molecule has 4 heteroatoms. The van der Waals surface area contributed by atoms with Gasteiger partial charge in [-0.1, -0.05) is 25.5 Å². The van der Waals surface area contributed by atoms with Crippen LogP contribution in [0.5, 0.6) is 0 Å². The first kappa shape index (κ1) is 16.5. The van der Waals surface area contributed by atoms with E-state index in [0.29, 0.717) is 30.9 Å². The van der Waals surface area contributed by atoms with E-state index in [1.54, 1.807) is 0 Å². The van der Waals surface area contributed by atoms with Crippen LogP contribution in [-0.2, 0) is 14.3 Å². The van der Waals surface area contributed by atoms with E-state index in [2.05, 4.69) is 33.9 Å². The highest BCUT2D eigenvalue weighted by molar-refractivity contribution is 5.70. The van der Waals surface area contributed by atoms with Gasteiger partial charge in [-0.3, -0.25) is 0 Å². The molecule has 21 heavy (non-hydrogen) atoms. The van der Waals surface area contributed by atoms with E-state index in [4.69, 9.17) is 9.47 Å². The van der Waals surface area contributed by atoms with Gasteiger partial charge in [-0.25, -0.2) is 4.79 Å². The van der Waals surface area contributed by atoms with Crippen LogP contribution in [0.15, 0.2) is 11.6 Å². The molecule has 0 N–H and O–H groups in total. The third kappa shape index (κ3) is 4.55. The fourth-order valence-electron chi connectivity index (χ4n) is 3.62. The average Bonchev–Trinajstić information content (AvgIpc) is 2.37. The van der Waals surface area contributed by atoms with E-state index in [9.17, 15) is 4.79 Å². The van der Waals surface area contributed by atoms with Gasteiger partial charge in [0, 0.05) is 5.92 Å². The highest BCUT2D eigenvalue weighted by Crippen LogP contribution is 2.33. The van der Waals surface area contributed by atoms with Crippen LogP contribution in [0.3, 0.4) is 0 Å². The quantitative estimate of drug-likeness (QED) is 0.453. The molecule has 1 aliphatic carbocycles. The van der Waals surface area contributed by atoms with Crippen molar-refractivity contribution in [2.45, 2.75) is 27.2 Å². The maximum Gasteiger partial charge on any atom is 0.361 e. The molecule has 1 heterocycles. The first-order chi connectivity index (χ1) is 9.89. The number of rotatable bonds is 4. The van der Waals surface area contributed by atoms with Crippen LogP contribution in [-0.4, -0.2) is 57.0 Å². The second kappa shape index (κ2) is 6.93. The third-order valence-electron chi connectivity index (χ3n) is 5.10. The lowest BCUT2D eigenvalue weighted by molar-refractivity contribution is -0.910. The Bertz CT molecular complexity index is 399. The lowest BCUT2D eigenvalue weighted by Gasteiger charge is -2.37. The second-order valence-corrected chi connectivity index (χ2v) is 7.24. The van der Waals surface area contributed by atoms with Gasteiger partial charge in [0.05, 0.1) is 26.9 Å². The highest BCUT2D eigenvalue weighted by Gasteiger charge is 2.31. The van der Waals surface area contributed by atoms with Crippen molar-refractivity contribution in [2.24, 2.45) is 17.8 Å². The van der Waals surface area contributed by atoms with Gasteiger partial charge in [0.25, 0.3) is 0 Å². The molecule has 0 radical (unpaired) electrons. The molecule has 3 atom stereocenters. The van der Waals surface area contributed by atoms with Crippen molar-refractivity contribution in [1.82, 2.24) is 0 Å². The SMILES string of the molecule is CC1=CC(C)C(COC(=O)C[N+]2(C)CCOCC2)C(C)C1. The lowest BCUT2D eigenvalue weighted by Crippen LogP contribution is -2.54. The summed E-state index contributed by atoms with van der Waals surface area (Å²) in [6.45, 7) is 11.0. The van der Waals surface area contributed by atoms with Crippen molar-refractivity contribution in [2.75, 3.05) is 46.5 Å². The summed E-state index contributed by atoms with van der Waals surface area (Å²) in [5.74, 6) is 1.47. The number of carbonyl (C=O) groups excluding carboxylic acids is 1. The zero-order chi connectivity index (χ0) is 15.5. The predicted molar refractivity (Wildman–Crippen MR) is 82.8 cm³/mol. The summed E-state index contributed by atoms with van der Waals surface area (Å²) in [5, 5.41) is 0. The Kier molecular flexibility index (Phi) is 5.44. The minimum absolute atomic E-state index is 0.0647. The molecule has 2 rings (SSSR count). The Morgan fingerprint density at radius 3 is 2.67 bits per heavy atom. The van der Waals surface area contributed by atoms with E-state index < -0.39 is 0 Å². The molecular weight excluding hydrogens is 266 g/mol. The van der Waals surface area contributed by atoms with Crippen molar-refractivity contribution in [1.29, 1.82) is 0 Å². The van der Waals surface area contributed by atoms with E-state index >= 15 is 0 Å². The Morgan fingerprint density at radius 1 is 1.38 bits per heavy atom. The second-order valence-electron chi connectivity index (χ2n) is 7.24. The highest BCUT2D eigenvalue weighted by atomic mass is 16.5. The van der Waals surface area contributed by atoms with Gasteiger partial charge in [0.15, 0.2) is 6.54 Å². The monoisotopic (exact) mass is 296 g/mol. The number of quaternary nitrogens is 1. The van der Waals surface area contributed by atoms with E-state index in [0.717, 1.165) is 37.2 Å². The van der Waals surface area contributed by atoms with Crippen molar-refractivity contribution < 1.29 is 18.8 Å². The van der Waals surface area contributed by atoms with Gasteiger partial charge < -0.3 is 14.0 Å². The number of hydrogen-bond acceptors (Lipinski definition) is 3. The lowest BCUT2D eigenvalue weighted by atomic mass is 9.75. The van der Waals surface area contributed by atoms with Gasteiger partial charge in [-0.05, 0) is 25.2 Å². The van der Waals surface area contributed by atoms with Crippen LogP contribution in [0.25, 0.3) is 0 Å². The van der Waals surface area contributed by atoms with Crippen LogP contribution in [0, 0.1) is 17.8 Å². The number of hydrogen-bond donors (Lipinski definition) is 0. The first-order valence-corrected chi connectivity index (χ1v) is 8.14. The molecule has 4 nitrogen and oxygen atoms in total. The van der Waals surface area contributed by atoms with Crippen LogP contribution in [0.1, 0.15) is 27.2 Å². The van der Waals surface area contributed by atoms with Crippen molar-refractivity contribution in [3.63, 3.8) is 0 Å². The number of ether oxygens (including phenoxy) is 2. The van der Waals surface area contributed by atoms with Crippen LogP contribution in [0.2, 0.25) is 0 Å². The molecule has 0 bridgehead atoms. The minimum Gasteiger partial charge on any atom is -0.461 e.